The Bertz CT molecular complexity index is 983. The van der Waals surface area contributed by atoms with Gasteiger partial charge in [-0.2, -0.15) is 0 Å². The Labute approximate surface area is 158 Å². The average Bonchev–Trinajstić information content (AvgIpc) is 3.24. The van der Waals surface area contributed by atoms with Gasteiger partial charge in [-0.15, -0.1) is 10.2 Å². The van der Waals surface area contributed by atoms with E-state index in [-0.39, 0.29) is 5.25 Å². The molecule has 7 heteroatoms. The highest BCUT2D eigenvalue weighted by atomic mass is 35.5. The number of benzene rings is 2. The van der Waals surface area contributed by atoms with Crippen molar-refractivity contribution >= 4 is 45.7 Å². The van der Waals surface area contributed by atoms with Gasteiger partial charge in [-0.1, -0.05) is 65.0 Å². The highest BCUT2D eigenvalue weighted by Gasteiger charge is 2.19. The number of rotatable bonds is 5. The molecule has 126 valence electrons. The van der Waals surface area contributed by atoms with Crippen LogP contribution in [0.25, 0.3) is 11.0 Å². The summed E-state index contributed by atoms with van der Waals surface area (Å²) in [7, 11) is 0. The summed E-state index contributed by atoms with van der Waals surface area (Å²) < 4.78 is 3.21. The molecule has 0 spiro atoms. The normalized spacial score (nSPS) is 12.6. The Morgan fingerprint density at radius 1 is 1.20 bits per heavy atom. The van der Waals surface area contributed by atoms with Gasteiger partial charge in [0.05, 0.1) is 16.3 Å². The molecular weight excluding hydrogens is 372 g/mol. The first kappa shape index (κ1) is 16.6. The van der Waals surface area contributed by atoms with Crippen molar-refractivity contribution in [3.63, 3.8) is 0 Å². The quantitative estimate of drug-likeness (QED) is 0.428. The van der Waals surface area contributed by atoms with Gasteiger partial charge >= 0.3 is 0 Å². The van der Waals surface area contributed by atoms with Gasteiger partial charge in [0.2, 0.25) is 0 Å². The van der Waals surface area contributed by atoms with Crippen LogP contribution in [0.2, 0.25) is 5.02 Å². The third-order valence-corrected chi connectivity index (χ3v) is 6.05. The maximum atomic E-state index is 6.16. The largest absolute Gasteiger partial charge is 0.323 e. The summed E-state index contributed by atoms with van der Waals surface area (Å²) in [5.41, 5.74) is 5.00. The maximum Gasteiger partial charge on any atom is 0.174 e. The van der Waals surface area contributed by atoms with Crippen molar-refractivity contribution in [2.75, 3.05) is 0 Å². The van der Waals surface area contributed by atoms with Gasteiger partial charge in [-0.05, 0) is 30.7 Å². The number of hydrogen-bond acceptors (Lipinski definition) is 5. The van der Waals surface area contributed by atoms with Gasteiger partial charge < -0.3 is 4.57 Å². The molecular formula is C18H15ClN4S2. The lowest BCUT2D eigenvalue weighted by molar-refractivity contribution is 0.746. The van der Waals surface area contributed by atoms with E-state index in [1.807, 2.05) is 24.3 Å². The van der Waals surface area contributed by atoms with Gasteiger partial charge in [0.25, 0.3) is 0 Å². The van der Waals surface area contributed by atoms with Crippen LogP contribution in [0.15, 0.2) is 58.4 Å². The van der Waals surface area contributed by atoms with Crippen LogP contribution >= 0.6 is 34.7 Å². The number of thioether (sulfide) groups is 1. The minimum absolute atomic E-state index is 0.155. The first-order valence-electron chi connectivity index (χ1n) is 7.83. The predicted octanol–water partition coefficient (Wildman–Crippen LogP) is 5.44. The fraction of sp³-hybridized carbons (Fsp3) is 0.167. The van der Waals surface area contributed by atoms with Gasteiger partial charge in [-0.25, -0.2) is 4.98 Å². The zero-order valence-electron chi connectivity index (χ0n) is 13.5. The molecule has 0 amide bonds. The molecule has 25 heavy (non-hydrogen) atoms. The van der Waals surface area contributed by atoms with Crippen molar-refractivity contribution in [3.05, 3.63) is 70.5 Å². The minimum Gasteiger partial charge on any atom is -0.323 e. The van der Waals surface area contributed by atoms with Crippen LogP contribution in [0.1, 0.15) is 23.6 Å². The lowest BCUT2D eigenvalue weighted by Gasteiger charge is -2.13. The predicted molar refractivity (Wildman–Crippen MR) is 104 cm³/mol. The second-order valence-electron chi connectivity index (χ2n) is 5.64. The Balaban J connectivity index is 1.77. The van der Waals surface area contributed by atoms with E-state index >= 15 is 0 Å². The van der Waals surface area contributed by atoms with E-state index in [1.165, 1.54) is 5.56 Å². The van der Waals surface area contributed by atoms with E-state index in [0.29, 0.717) is 5.02 Å². The molecule has 2 aromatic carbocycles. The van der Waals surface area contributed by atoms with Gasteiger partial charge in [-0.3, -0.25) is 0 Å². The number of aromatic nitrogens is 4. The molecule has 0 saturated heterocycles. The second-order valence-corrected chi connectivity index (χ2v) is 8.50. The number of imidazole rings is 1. The monoisotopic (exact) mass is 386 g/mol. The molecule has 0 unspecified atom stereocenters. The molecule has 2 aromatic heterocycles. The SMILES string of the molecule is C[C@@H](Sc1nncs1)c1nc2cc(Cl)ccc2n1Cc1ccccc1. The van der Waals surface area contributed by atoms with Crippen LogP contribution in [-0.4, -0.2) is 19.7 Å². The summed E-state index contributed by atoms with van der Waals surface area (Å²) in [4.78, 5) is 4.86. The number of nitrogens with zero attached hydrogens (tertiary/aromatic N) is 4. The Morgan fingerprint density at radius 2 is 2.04 bits per heavy atom. The Hall–Kier alpha value is -1.89. The third kappa shape index (κ3) is 3.56. The summed E-state index contributed by atoms with van der Waals surface area (Å²) in [5, 5.41) is 8.91. The van der Waals surface area contributed by atoms with E-state index in [2.05, 4.69) is 46.0 Å². The second kappa shape index (κ2) is 7.15. The van der Waals surface area contributed by atoms with Crippen molar-refractivity contribution in [2.24, 2.45) is 0 Å². The number of hydrogen-bond donors (Lipinski definition) is 0. The zero-order chi connectivity index (χ0) is 17.2. The van der Waals surface area contributed by atoms with Crippen molar-refractivity contribution < 1.29 is 0 Å². The zero-order valence-corrected chi connectivity index (χ0v) is 15.9. The summed E-state index contributed by atoms with van der Waals surface area (Å²) in [5.74, 6) is 1.02. The summed E-state index contributed by atoms with van der Waals surface area (Å²) in [6.07, 6.45) is 0. The lowest BCUT2D eigenvalue weighted by atomic mass is 10.2. The summed E-state index contributed by atoms with van der Waals surface area (Å²) in [6.45, 7) is 2.92. The molecule has 0 aliphatic carbocycles. The molecule has 4 nitrogen and oxygen atoms in total. The summed E-state index contributed by atoms with van der Waals surface area (Å²) in [6, 6.07) is 16.3. The van der Waals surface area contributed by atoms with Gasteiger partial charge in [0.15, 0.2) is 4.34 Å². The topological polar surface area (TPSA) is 43.6 Å². The van der Waals surface area contributed by atoms with Crippen LogP contribution in [0, 0.1) is 0 Å². The maximum absolute atomic E-state index is 6.16. The molecule has 4 rings (SSSR count). The van der Waals surface area contributed by atoms with E-state index in [1.54, 1.807) is 28.6 Å². The number of halogens is 1. The van der Waals surface area contributed by atoms with Crippen molar-refractivity contribution in [1.82, 2.24) is 19.7 Å². The van der Waals surface area contributed by atoms with Crippen LogP contribution in [0.5, 0.6) is 0 Å². The molecule has 0 aliphatic heterocycles. The molecule has 0 radical (unpaired) electrons. The average molecular weight is 387 g/mol. The highest BCUT2D eigenvalue weighted by molar-refractivity contribution is 8.01. The first-order valence-corrected chi connectivity index (χ1v) is 9.97. The molecule has 1 atom stereocenters. The van der Waals surface area contributed by atoms with E-state index in [9.17, 15) is 0 Å². The van der Waals surface area contributed by atoms with Crippen LogP contribution in [0.3, 0.4) is 0 Å². The van der Waals surface area contributed by atoms with Crippen molar-refractivity contribution in [3.8, 4) is 0 Å². The minimum atomic E-state index is 0.155. The molecule has 4 aromatic rings. The number of fused-ring (bicyclic) bond motifs is 1. The van der Waals surface area contributed by atoms with Crippen LogP contribution in [-0.2, 0) is 6.54 Å². The van der Waals surface area contributed by atoms with E-state index < -0.39 is 0 Å². The standard InChI is InChI=1S/C18H15ClN4S2/c1-12(25-18-22-20-11-24-18)17-21-15-9-14(19)7-8-16(15)23(17)10-13-5-3-2-4-6-13/h2-9,11-12H,10H2,1H3/t12-/m1/s1. The fourth-order valence-electron chi connectivity index (χ4n) is 2.78. The smallest absolute Gasteiger partial charge is 0.174 e. The molecule has 2 heterocycles. The van der Waals surface area contributed by atoms with Gasteiger partial charge in [0, 0.05) is 11.6 Å². The van der Waals surface area contributed by atoms with Gasteiger partial charge in [0.1, 0.15) is 11.3 Å². The van der Waals surface area contributed by atoms with Crippen LogP contribution in [0.4, 0.5) is 0 Å². The molecule has 0 N–H and O–H groups in total. The van der Waals surface area contributed by atoms with E-state index in [4.69, 9.17) is 16.6 Å². The molecule has 0 aliphatic rings. The van der Waals surface area contributed by atoms with Crippen molar-refractivity contribution in [2.45, 2.75) is 23.1 Å². The Kier molecular flexibility index (Phi) is 4.74. The first-order chi connectivity index (χ1) is 12.2. The summed E-state index contributed by atoms with van der Waals surface area (Å²) >= 11 is 9.39. The highest BCUT2D eigenvalue weighted by Crippen LogP contribution is 2.36. The molecule has 0 saturated carbocycles. The third-order valence-electron chi connectivity index (χ3n) is 3.90. The van der Waals surface area contributed by atoms with Crippen molar-refractivity contribution in [1.29, 1.82) is 0 Å². The lowest BCUT2D eigenvalue weighted by Crippen LogP contribution is -2.06. The Morgan fingerprint density at radius 3 is 2.80 bits per heavy atom. The molecule has 0 bridgehead atoms. The molecule has 0 fully saturated rings. The van der Waals surface area contributed by atoms with Crippen LogP contribution < -0.4 is 0 Å². The van der Waals surface area contributed by atoms with E-state index in [0.717, 1.165) is 27.7 Å². The fourth-order valence-corrected chi connectivity index (χ4v) is 4.69.